The Bertz CT molecular complexity index is 852. The SMILES string of the molecule is O=C(Nc1cc(N2CCOCC2)ccc1[N+](=O)[O-])c1cc(Cl)ccc1O. The number of carbonyl (C=O) groups is 1. The monoisotopic (exact) mass is 377 g/mol. The van der Waals surface area contributed by atoms with Gasteiger partial charge in [-0.1, -0.05) is 11.6 Å². The Morgan fingerprint density at radius 1 is 1.23 bits per heavy atom. The molecular weight excluding hydrogens is 362 g/mol. The molecular formula is C17H16ClN3O5. The van der Waals surface area contributed by atoms with Crippen molar-refractivity contribution in [1.29, 1.82) is 0 Å². The van der Waals surface area contributed by atoms with Crippen LogP contribution in [-0.2, 0) is 4.74 Å². The molecule has 26 heavy (non-hydrogen) atoms. The lowest BCUT2D eigenvalue weighted by Crippen LogP contribution is -2.36. The van der Waals surface area contributed by atoms with Gasteiger partial charge in [0.05, 0.1) is 23.7 Å². The first-order chi connectivity index (χ1) is 12.5. The summed E-state index contributed by atoms with van der Waals surface area (Å²) >= 11 is 5.85. The van der Waals surface area contributed by atoms with E-state index in [-0.39, 0.29) is 27.7 Å². The molecule has 1 heterocycles. The van der Waals surface area contributed by atoms with Crippen molar-refractivity contribution in [2.45, 2.75) is 0 Å². The van der Waals surface area contributed by atoms with Crippen molar-refractivity contribution in [3.63, 3.8) is 0 Å². The molecule has 1 saturated heterocycles. The minimum Gasteiger partial charge on any atom is -0.507 e. The van der Waals surface area contributed by atoms with Crippen LogP contribution in [0.2, 0.25) is 5.02 Å². The van der Waals surface area contributed by atoms with Gasteiger partial charge in [-0.15, -0.1) is 0 Å². The van der Waals surface area contributed by atoms with Gasteiger partial charge in [-0.3, -0.25) is 14.9 Å². The van der Waals surface area contributed by atoms with Gasteiger partial charge in [0.2, 0.25) is 0 Å². The van der Waals surface area contributed by atoms with Crippen LogP contribution in [0.15, 0.2) is 36.4 Å². The van der Waals surface area contributed by atoms with Gasteiger partial charge in [0.25, 0.3) is 11.6 Å². The van der Waals surface area contributed by atoms with E-state index in [9.17, 15) is 20.0 Å². The quantitative estimate of drug-likeness (QED) is 0.626. The van der Waals surface area contributed by atoms with Crippen molar-refractivity contribution in [2.24, 2.45) is 0 Å². The maximum absolute atomic E-state index is 12.5. The van der Waals surface area contributed by atoms with Crippen molar-refractivity contribution in [3.8, 4) is 5.75 Å². The summed E-state index contributed by atoms with van der Waals surface area (Å²) in [6.45, 7) is 2.44. The van der Waals surface area contributed by atoms with Gasteiger partial charge in [0.15, 0.2) is 0 Å². The molecule has 0 unspecified atom stereocenters. The molecule has 0 saturated carbocycles. The number of anilines is 2. The second-order valence-electron chi connectivity index (χ2n) is 5.67. The lowest BCUT2D eigenvalue weighted by Gasteiger charge is -2.29. The molecule has 0 spiro atoms. The first-order valence-corrected chi connectivity index (χ1v) is 8.24. The smallest absolute Gasteiger partial charge is 0.292 e. The molecule has 3 rings (SSSR count). The highest BCUT2D eigenvalue weighted by Crippen LogP contribution is 2.31. The lowest BCUT2D eigenvalue weighted by molar-refractivity contribution is -0.383. The first kappa shape index (κ1) is 18.0. The average molecular weight is 378 g/mol. The number of phenolic OH excluding ortho intramolecular Hbond substituents is 1. The summed E-state index contributed by atoms with van der Waals surface area (Å²) in [6.07, 6.45) is 0. The third-order valence-corrected chi connectivity index (χ3v) is 4.24. The number of benzene rings is 2. The van der Waals surface area contributed by atoms with Gasteiger partial charge < -0.3 is 20.1 Å². The molecule has 1 aliphatic heterocycles. The van der Waals surface area contributed by atoms with Crippen LogP contribution < -0.4 is 10.2 Å². The molecule has 136 valence electrons. The highest BCUT2D eigenvalue weighted by Gasteiger charge is 2.21. The fraction of sp³-hybridized carbons (Fsp3) is 0.235. The standard InChI is InChI=1S/C17H16ClN3O5/c18-11-1-4-16(22)13(9-11)17(23)19-14-10-12(2-3-15(14)21(24)25)20-5-7-26-8-6-20/h1-4,9-10,22H,5-8H2,(H,19,23). The predicted octanol–water partition coefficient (Wildman–Crippen LogP) is 3.04. The van der Waals surface area contributed by atoms with Gasteiger partial charge >= 0.3 is 0 Å². The molecule has 8 nitrogen and oxygen atoms in total. The third-order valence-electron chi connectivity index (χ3n) is 4.00. The second kappa shape index (κ2) is 7.59. The fourth-order valence-electron chi connectivity index (χ4n) is 2.68. The molecule has 0 atom stereocenters. The number of ether oxygens (including phenoxy) is 1. The van der Waals surface area contributed by atoms with E-state index in [4.69, 9.17) is 16.3 Å². The van der Waals surface area contributed by atoms with Crippen LogP contribution in [-0.4, -0.2) is 42.2 Å². The summed E-state index contributed by atoms with van der Waals surface area (Å²) in [5.41, 5.74) is 0.480. The van der Waals surface area contributed by atoms with Crippen molar-refractivity contribution >= 4 is 34.6 Å². The predicted molar refractivity (Wildman–Crippen MR) is 97.2 cm³/mol. The van der Waals surface area contributed by atoms with Crippen LogP contribution in [0.5, 0.6) is 5.75 Å². The third kappa shape index (κ3) is 3.87. The topological polar surface area (TPSA) is 105 Å². The summed E-state index contributed by atoms with van der Waals surface area (Å²) in [6, 6.07) is 8.55. The Balaban J connectivity index is 1.92. The van der Waals surface area contributed by atoms with Gasteiger partial charge in [0, 0.05) is 29.9 Å². The van der Waals surface area contributed by atoms with Gasteiger partial charge in [-0.25, -0.2) is 0 Å². The average Bonchev–Trinajstić information content (AvgIpc) is 2.64. The maximum Gasteiger partial charge on any atom is 0.292 e. The number of halogens is 1. The number of hydrogen-bond donors (Lipinski definition) is 2. The van der Waals surface area contributed by atoms with E-state index in [2.05, 4.69) is 5.32 Å². The summed E-state index contributed by atoms with van der Waals surface area (Å²) in [5.74, 6) is -0.953. The van der Waals surface area contributed by atoms with E-state index in [0.29, 0.717) is 26.3 Å². The Hall–Kier alpha value is -2.84. The molecule has 0 radical (unpaired) electrons. The Labute approximate surface area is 154 Å². The van der Waals surface area contributed by atoms with Crippen LogP contribution >= 0.6 is 11.6 Å². The van der Waals surface area contributed by atoms with Gasteiger partial charge in [0.1, 0.15) is 11.4 Å². The number of hydrogen-bond acceptors (Lipinski definition) is 6. The number of rotatable bonds is 4. The number of carbonyl (C=O) groups excluding carboxylic acids is 1. The molecule has 0 bridgehead atoms. The molecule has 1 fully saturated rings. The Morgan fingerprint density at radius 2 is 1.96 bits per heavy atom. The zero-order valence-electron chi connectivity index (χ0n) is 13.6. The van der Waals surface area contributed by atoms with E-state index in [1.54, 1.807) is 12.1 Å². The molecule has 0 aromatic heterocycles. The second-order valence-corrected chi connectivity index (χ2v) is 6.11. The molecule has 1 amide bonds. The van der Waals surface area contributed by atoms with E-state index < -0.39 is 10.8 Å². The van der Waals surface area contributed by atoms with E-state index in [0.717, 1.165) is 5.69 Å². The normalized spacial score (nSPS) is 14.1. The zero-order chi connectivity index (χ0) is 18.7. The largest absolute Gasteiger partial charge is 0.507 e. The van der Waals surface area contributed by atoms with Crippen LogP contribution in [0.25, 0.3) is 0 Å². The lowest BCUT2D eigenvalue weighted by atomic mass is 10.1. The number of amides is 1. The highest BCUT2D eigenvalue weighted by molar-refractivity contribution is 6.31. The zero-order valence-corrected chi connectivity index (χ0v) is 14.4. The fourth-order valence-corrected chi connectivity index (χ4v) is 2.85. The molecule has 0 aliphatic carbocycles. The molecule has 1 aliphatic rings. The van der Waals surface area contributed by atoms with Gasteiger partial charge in [-0.2, -0.15) is 0 Å². The number of morpholine rings is 1. The number of nitro groups is 1. The number of aromatic hydroxyl groups is 1. The number of nitrogens with zero attached hydrogens (tertiary/aromatic N) is 2. The molecule has 2 aromatic carbocycles. The summed E-state index contributed by atoms with van der Waals surface area (Å²) in [5, 5.41) is 23.9. The van der Waals surface area contributed by atoms with Crippen LogP contribution in [0.3, 0.4) is 0 Å². The molecule has 2 aromatic rings. The summed E-state index contributed by atoms with van der Waals surface area (Å²) in [7, 11) is 0. The number of phenols is 1. The van der Waals surface area contributed by atoms with E-state index >= 15 is 0 Å². The summed E-state index contributed by atoms with van der Waals surface area (Å²) in [4.78, 5) is 25.2. The molecule has 2 N–H and O–H groups in total. The first-order valence-electron chi connectivity index (χ1n) is 7.86. The number of nitrogens with one attached hydrogen (secondary N) is 1. The minimum atomic E-state index is -0.688. The minimum absolute atomic E-state index is 0.0448. The van der Waals surface area contributed by atoms with E-state index in [1.165, 1.54) is 24.3 Å². The van der Waals surface area contributed by atoms with Crippen LogP contribution in [0.1, 0.15) is 10.4 Å². The summed E-state index contributed by atoms with van der Waals surface area (Å²) < 4.78 is 5.30. The van der Waals surface area contributed by atoms with E-state index in [1.807, 2.05) is 4.90 Å². The van der Waals surface area contributed by atoms with Crippen molar-refractivity contribution in [1.82, 2.24) is 0 Å². The number of nitro benzene ring substituents is 1. The van der Waals surface area contributed by atoms with Crippen LogP contribution in [0.4, 0.5) is 17.1 Å². The van der Waals surface area contributed by atoms with Crippen molar-refractivity contribution < 1.29 is 19.6 Å². The Morgan fingerprint density at radius 3 is 2.65 bits per heavy atom. The van der Waals surface area contributed by atoms with Crippen molar-refractivity contribution in [2.75, 3.05) is 36.5 Å². The highest BCUT2D eigenvalue weighted by atomic mass is 35.5. The van der Waals surface area contributed by atoms with Gasteiger partial charge in [-0.05, 0) is 30.3 Å². The Kier molecular flexibility index (Phi) is 5.24. The van der Waals surface area contributed by atoms with Crippen molar-refractivity contribution in [3.05, 3.63) is 57.1 Å². The maximum atomic E-state index is 12.5. The van der Waals surface area contributed by atoms with Crippen LogP contribution in [0, 0.1) is 10.1 Å². The molecule has 9 heteroatoms.